The number of ether oxygens (including phenoxy) is 1. The molecule has 0 radical (unpaired) electrons. The fraction of sp³-hybridized carbons (Fsp3) is 0.286. The van der Waals surface area contributed by atoms with Crippen LogP contribution in [0.4, 0.5) is 5.69 Å². The van der Waals surface area contributed by atoms with E-state index in [-0.39, 0.29) is 5.91 Å². The van der Waals surface area contributed by atoms with Crippen LogP contribution in [0.5, 0.6) is 5.75 Å². The molecule has 5 rings (SSSR count). The number of pyridine rings is 1. The Bertz CT molecular complexity index is 1350. The number of para-hydroxylation sites is 1. The third-order valence-electron chi connectivity index (χ3n) is 6.71. The number of nitrogens with zero attached hydrogens (tertiary/aromatic N) is 2. The van der Waals surface area contributed by atoms with E-state index in [9.17, 15) is 4.79 Å². The lowest BCUT2D eigenvalue weighted by Gasteiger charge is -2.30. The molecule has 34 heavy (non-hydrogen) atoms. The number of aromatic nitrogens is 1. The SMILES string of the molecule is COc1ccccc1-c1cc(-c2ccc(C)cc2)nc2sc(C(=O)N3CCC(C)CC3)c(N)c12. The molecule has 4 aromatic rings. The molecule has 1 aliphatic heterocycles. The molecule has 2 aromatic heterocycles. The fourth-order valence-electron chi connectivity index (χ4n) is 4.59. The van der Waals surface area contributed by atoms with Crippen LogP contribution in [0, 0.1) is 12.8 Å². The first-order valence-corrected chi connectivity index (χ1v) is 12.5. The van der Waals surface area contributed by atoms with Crippen molar-refractivity contribution in [1.29, 1.82) is 0 Å². The van der Waals surface area contributed by atoms with Gasteiger partial charge in [0.25, 0.3) is 5.91 Å². The summed E-state index contributed by atoms with van der Waals surface area (Å²) in [6.07, 6.45) is 2.05. The lowest BCUT2D eigenvalue weighted by molar-refractivity contribution is 0.0703. The normalized spacial score (nSPS) is 14.5. The summed E-state index contributed by atoms with van der Waals surface area (Å²) in [6, 6.07) is 18.3. The van der Waals surface area contributed by atoms with E-state index in [1.54, 1.807) is 7.11 Å². The van der Waals surface area contributed by atoms with Crippen molar-refractivity contribution in [1.82, 2.24) is 9.88 Å². The standard InChI is InChI=1S/C28H29N3O2S/c1-17-8-10-19(11-9-17)22-16-21(20-6-4-5-7-23(20)33-3)24-25(29)26(34-27(24)30-22)28(32)31-14-12-18(2)13-15-31/h4-11,16,18H,12-15,29H2,1-3H3. The molecule has 0 aliphatic carbocycles. The van der Waals surface area contributed by atoms with Crippen LogP contribution >= 0.6 is 11.3 Å². The predicted octanol–water partition coefficient (Wildman–Crippen LogP) is 6.40. The smallest absolute Gasteiger partial charge is 0.266 e. The molecule has 174 valence electrons. The van der Waals surface area contributed by atoms with Gasteiger partial charge in [0.1, 0.15) is 15.5 Å². The van der Waals surface area contributed by atoms with Gasteiger partial charge in [-0.15, -0.1) is 11.3 Å². The molecule has 1 fully saturated rings. The summed E-state index contributed by atoms with van der Waals surface area (Å²) in [5.74, 6) is 1.42. The Morgan fingerprint density at radius 3 is 2.50 bits per heavy atom. The quantitative estimate of drug-likeness (QED) is 0.374. The highest BCUT2D eigenvalue weighted by Crippen LogP contribution is 2.44. The molecular formula is C28H29N3O2S. The Morgan fingerprint density at radius 2 is 1.79 bits per heavy atom. The maximum absolute atomic E-state index is 13.5. The number of hydrogen-bond donors (Lipinski definition) is 1. The number of anilines is 1. The van der Waals surface area contributed by atoms with Gasteiger partial charge in [-0.3, -0.25) is 4.79 Å². The molecule has 1 saturated heterocycles. The van der Waals surface area contributed by atoms with E-state index in [4.69, 9.17) is 15.5 Å². The first kappa shape index (κ1) is 22.4. The number of hydrogen-bond acceptors (Lipinski definition) is 5. The van der Waals surface area contributed by atoms with Crippen molar-refractivity contribution >= 4 is 33.1 Å². The number of nitrogen functional groups attached to an aromatic ring is 1. The van der Waals surface area contributed by atoms with Gasteiger partial charge in [0.05, 0.1) is 18.5 Å². The third-order valence-corrected chi connectivity index (χ3v) is 7.80. The average molecular weight is 472 g/mol. The van der Waals surface area contributed by atoms with Crippen LogP contribution in [0.25, 0.3) is 32.6 Å². The maximum atomic E-state index is 13.5. The lowest BCUT2D eigenvalue weighted by Crippen LogP contribution is -2.37. The monoisotopic (exact) mass is 471 g/mol. The minimum Gasteiger partial charge on any atom is -0.496 e. The molecule has 1 aliphatic rings. The van der Waals surface area contributed by atoms with Crippen LogP contribution in [0.1, 0.15) is 35.0 Å². The molecule has 0 unspecified atom stereocenters. The average Bonchev–Trinajstić information content (AvgIpc) is 3.20. The number of carbonyl (C=O) groups is 1. The molecular weight excluding hydrogens is 442 g/mol. The number of methoxy groups -OCH3 is 1. The molecule has 2 N–H and O–H groups in total. The third kappa shape index (κ3) is 4.03. The number of thiophene rings is 1. The second-order valence-electron chi connectivity index (χ2n) is 9.12. The Labute approximate surface area is 204 Å². The summed E-state index contributed by atoms with van der Waals surface area (Å²) in [4.78, 5) is 21.7. The summed E-state index contributed by atoms with van der Waals surface area (Å²) in [6.45, 7) is 5.86. The summed E-state index contributed by atoms with van der Waals surface area (Å²) in [5.41, 5.74) is 12.1. The van der Waals surface area contributed by atoms with Gasteiger partial charge < -0.3 is 15.4 Å². The van der Waals surface area contributed by atoms with Gasteiger partial charge in [0.2, 0.25) is 0 Å². The highest BCUT2D eigenvalue weighted by atomic mass is 32.1. The van der Waals surface area contributed by atoms with Crippen molar-refractivity contribution in [3.05, 3.63) is 65.0 Å². The molecule has 2 aromatic carbocycles. The zero-order chi connectivity index (χ0) is 23.8. The van der Waals surface area contributed by atoms with E-state index in [1.807, 2.05) is 29.2 Å². The van der Waals surface area contributed by atoms with E-state index in [1.165, 1.54) is 16.9 Å². The van der Waals surface area contributed by atoms with Gasteiger partial charge in [0, 0.05) is 29.6 Å². The molecule has 1 amide bonds. The molecule has 0 saturated carbocycles. The number of rotatable bonds is 4. The van der Waals surface area contributed by atoms with Crippen molar-refractivity contribution in [3.63, 3.8) is 0 Å². The molecule has 0 atom stereocenters. The minimum atomic E-state index is 0.00950. The van der Waals surface area contributed by atoms with Gasteiger partial charge >= 0.3 is 0 Å². The Hall–Kier alpha value is -3.38. The van der Waals surface area contributed by atoms with Crippen molar-refractivity contribution in [2.45, 2.75) is 26.7 Å². The lowest BCUT2D eigenvalue weighted by atomic mass is 9.98. The predicted molar refractivity (Wildman–Crippen MR) is 140 cm³/mol. The summed E-state index contributed by atoms with van der Waals surface area (Å²) in [7, 11) is 1.67. The first-order valence-electron chi connectivity index (χ1n) is 11.7. The van der Waals surface area contributed by atoms with E-state index >= 15 is 0 Å². The zero-order valence-electron chi connectivity index (χ0n) is 19.8. The van der Waals surface area contributed by atoms with Crippen molar-refractivity contribution in [3.8, 4) is 28.1 Å². The Morgan fingerprint density at radius 1 is 1.09 bits per heavy atom. The molecule has 0 spiro atoms. The van der Waals surface area contributed by atoms with E-state index in [2.05, 4.69) is 44.2 Å². The number of fused-ring (bicyclic) bond motifs is 1. The van der Waals surface area contributed by atoms with Crippen molar-refractivity contribution < 1.29 is 9.53 Å². The number of benzene rings is 2. The highest BCUT2D eigenvalue weighted by Gasteiger charge is 2.27. The summed E-state index contributed by atoms with van der Waals surface area (Å²) < 4.78 is 5.68. The van der Waals surface area contributed by atoms with Crippen LogP contribution < -0.4 is 10.5 Å². The Kier molecular flexibility index (Phi) is 6.00. The number of piperidine rings is 1. The number of nitrogens with two attached hydrogens (primary N) is 1. The van der Waals surface area contributed by atoms with Crippen LogP contribution in [-0.4, -0.2) is 36.0 Å². The van der Waals surface area contributed by atoms with Crippen LogP contribution in [0.2, 0.25) is 0 Å². The topological polar surface area (TPSA) is 68.5 Å². The second kappa shape index (κ2) is 9.11. The molecule has 0 bridgehead atoms. The largest absolute Gasteiger partial charge is 0.496 e. The maximum Gasteiger partial charge on any atom is 0.266 e. The van der Waals surface area contributed by atoms with Gasteiger partial charge in [-0.05, 0) is 43.4 Å². The highest BCUT2D eigenvalue weighted by molar-refractivity contribution is 7.21. The molecule has 6 heteroatoms. The van der Waals surface area contributed by atoms with E-state index < -0.39 is 0 Å². The van der Waals surface area contributed by atoms with E-state index in [0.717, 1.165) is 64.3 Å². The van der Waals surface area contributed by atoms with Gasteiger partial charge in [-0.2, -0.15) is 0 Å². The van der Waals surface area contributed by atoms with Gasteiger partial charge in [0.15, 0.2) is 0 Å². The van der Waals surface area contributed by atoms with Crippen LogP contribution in [-0.2, 0) is 0 Å². The van der Waals surface area contributed by atoms with Gasteiger partial charge in [-0.1, -0.05) is 55.0 Å². The van der Waals surface area contributed by atoms with Crippen molar-refractivity contribution in [2.24, 2.45) is 5.92 Å². The summed E-state index contributed by atoms with van der Waals surface area (Å²) in [5, 5.41) is 0.819. The van der Waals surface area contributed by atoms with E-state index in [0.29, 0.717) is 16.5 Å². The number of likely N-dealkylation sites (tertiary alicyclic amines) is 1. The van der Waals surface area contributed by atoms with Crippen molar-refractivity contribution in [2.75, 3.05) is 25.9 Å². The summed E-state index contributed by atoms with van der Waals surface area (Å²) >= 11 is 1.39. The molecule has 5 nitrogen and oxygen atoms in total. The number of carbonyl (C=O) groups excluding carboxylic acids is 1. The first-order chi connectivity index (χ1) is 16.5. The number of amides is 1. The molecule has 3 heterocycles. The van der Waals surface area contributed by atoms with Crippen LogP contribution in [0.15, 0.2) is 54.6 Å². The minimum absolute atomic E-state index is 0.00950. The second-order valence-corrected chi connectivity index (χ2v) is 10.1. The van der Waals surface area contributed by atoms with Gasteiger partial charge in [-0.25, -0.2) is 4.98 Å². The Balaban J connectivity index is 1.70. The van der Waals surface area contributed by atoms with Crippen LogP contribution in [0.3, 0.4) is 0 Å². The zero-order valence-corrected chi connectivity index (χ0v) is 20.6. The fourth-order valence-corrected chi connectivity index (χ4v) is 5.67. The number of aryl methyl sites for hydroxylation is 1.